The van der Waals surface area contributed by atoms with E-state index in [1.54, 1.807) is 7.11 Å². The molecule has 4 nitrogen and oxygen atoms in total. The van der Waals surface area contributed by atoms with Crippen molar-refractivity contribution >= 4 is 17.2 Å². The van der Waals surface area contributed by atoms with Crippen molar-refractivity contribution in [3.63, 3.8) is 0 Å². The van der Waals surface area contributed by atoms with E-state index in [2.05, 4.69) is 10.6 Å². The van der Waals surface area contributed by atoms with Gasteiger partial charge in [-0.1, -0.05) is 0 Å². The number of hydrogen-bond donors (Lipinski definition) is 2. The largest absolute Gasteiger partial charge is 0.383 e. The summed E-state index contributed by atoms with van der Waals surface area (Å²) in [7, 11) is 1.70. The molecule has 18 heavy (non-hydrogen) atoms. The highest BCUT2D eigenvalue weighted by molar-refractivity contribution is 7.13. The van der Waals surface area contributed by atoms with E-state index in [0.29, 0.717) is 13.2 Å². The van der Waals surface area contributed by atoms with E-state index in [-0.39, 0.29) is 11.4 Å². The monoisotopic (exact) mass is 268 g/mol. The first kappa shape index (κ1) is 13.5. The minimum atomic E-state index is -0.0866. The Morgan fingerprint density at radius 1 is 1.61 bits per heavy atom. The molecule has 2 rings (SSSR count). The summed E-state index contributed by atoms with van der Waals surface area (Å²) < 4.78 is 5.26. The molecule has 100 valence electrons. The fraction of sp³-hybridized carbons (Fsp3) is 0.615. The molecule has 1 unspecified atom stereocenters. The lowest BCUT2D eigenvalue weighted by Crippen LogP contribution is -2.52. The third-order valence-electron chi connectivity index (χ3n) is 3.30. The van der Waals surface area contributed by atoms with Gasteiger partial charge >= 0.3 is 0 Å². The Hall–Kier alpha value is -0.910. The second kappa shape index (κ2) is 5.82. The maximum absolute atomic E-state index is 12.0. The van der Waals surface area contributed by atoms with Crippen molar-refractivity contribution < 1.29 is 9.53 Å². The molecule has 0 bridgehead atoms. The van der Waals surface area contributed by atoms with Crippen LogP contribution in [0.1, 0.15) is 27.4 Å². The summed E-state index contributed by atoms with van der Waals surface area (Å²) in [6.45, 7) is 4.26. The first-order valence-corrected chi connectivity index (χ1v) is 7.05. The number of rotatable bonds is 5. The highest BCUT2D eigenvalue weighted by atomic mass is 32.1. The summed E-state index contributed by atoms with van der Waals surface area (Å²) in [4.78, 5) is 13.9. The predicted molar refractivity (Wildman–Crippen MR) is 73.2 cm³/mol. The van der Waals surface area contributed by atoms with Crippen molar-refractivity contribution in [2.24, 2.45) is 0 Å². The Bertz CT molecular complexity index is 411. The smallest absolute Gasteiger partial charge is 0.261 e. The van der Waals surface area contributed by atoms with E-state index < -0.39 is 0 Å². The van der Waals surface area contributed by atoms with Gasteiger partial charge in [-0.15, -0.1) is 11.3 Å². The molecule has 0 spiro atoms. The van der Waals surface area contributed by atoms with Crippen molar-refractivity contribution in [3.8, 4) is 0 Å². The normalized spacial score (nSPS) is 23.2. The Kier molecular flexibility index (Phi) is 4.37. The molecule has 1 amide bonds. The van der Waals surface area contributed by atoms with Crippen LogP contribution in [0.4, 0.5) is 0 Å². The van der Waals surface area contributed by atoms with Crippen molar-refractivity contribution in [1.82, 2.24) is 10.6 Å². The molecule has 2 N–H and O–H groups in total. The molecule has 1 saturated heterocycles. The maximum Gasteiger partial charge on any atom is 0.261 e. The molecule has 0 aromatic carbocycles. The van der Waals surface area contributed by atoms with Crippen LogP contribution in [0.2, 0.25) is 0 Å². The summed E-state index contributed by atoms with van der Waals surface area (Å²) in [6.07, 6.45) is 2.18. The number of thiophene rings is 1. The van der Waals surface area contributed by atoms with E-state index in [4.69, 9.17) is 4.74 Å². The Labute approximate surface area is 112 Å². The molecule has 5 heteroatoms. The van der Waals surface area contributed by atoms with Crippen LogP contribution < -0.4 is 10.6 Å². The molecule has 1 aromatic heterocycles. The standard InChI is InChI=1S/C13H20N2O2S/c1-10-4-5-11(18-10)12(16)14-8-13(9-17-2)6-3-7-15-13/h4-5,15H,3,6-9H2,1-2H3,(H,14,16). The third-order valence-corrected chi connectivity index (χ3v) is 4.30. The van der Waals surface area contributed by atoms with E-state index in [1.165, 1.54) is 11.3 Å². The van der Waals surface area contributed by atoms with Crippen LogP contribution in [0.3, 0.4) is 0 Å². The SMILES string of the molecule is COCC1(CNC(=O)c2ccc(C)s2)CCCN1. The Morgan fingerprint density at radius 3 is 3.00 bits per heavy atom. The van der Waals surface area contributed by atoms with Crippen LogP contribution in [0, 0.1) is 6.92 Å². The summed E-state index contributed by atoms with van der Waals surface area (Å²) in [5, 5.41) is 6.46. The fourth-order valence-corrected chi connectivity index (χ4v) is 3.15. The molecule has 1 aliphatic rings. The van der Waals surface area contributed by atoms with Crippen molar-refractivity contribution in [3.05, 3.63) is 21.9 Å². The molecular weight excluding hydrogens is 248 g/mol. The number of amides is 1. The summed E-state index contributed by atoms with van der Waals surface area (Å²) >= 11 is 1.53. The lowest BCUT2D eigenvalue weighted by atomic mass is 9.98. The summed E-state index contributed by atoms with van der Waals surface area (Å²) in [5.74, 6) is 0.0114. The number of hydrogen-bond acceptors (Lipinski definition) is 4. The molecule has 1 fully saturated rings. The van der Waals surface area contributed by atoms with Gasteiger partial charge in [0.15, 0.2) is 0 Å². The number of aryl methyl sites for hydroxylation is 1. The molecule has 0 saturated carbocycles. The minimum Gasteiger partial charge on any atom is -0.383 e. The van der Waals surface area contributed by atoms with Gasteiger partial charge in [-0.05, 0) is 38.4 Å². The molecular formula is C13H20N2O2S. The van der Waals surface area contributed by atoms with Gasteiger partial charge < -0.3 is 15.4 Å². The molecule has 1 atom stereocenters. The van der Waals surface area contributed by atoms with Gasteiger partial charge in [0.2, 0.25) is 0 Å². The second-order valence-corrected chi connectivity index (χ2v) is 6.12. The topological polar surface area (TPSA) is 50.4 Å². The Balaban J connectivity index is 1.91. The van der Waals surface area contributed by atoms with Gasteiger partial charge in [-0.3, -0.25) is 4.79 Å². The van der Waals surface area contributed by atoms with Crippen LogP contribution in [-0.4, -0.2) is 38.3 Å². The number of methoxy groups -OCH3 is 1. The molecule has 0 aliphatic carbocycles. The fourth-order valence-electron chi connectivity index (χ4n) is 2.36. The molecule has 2 heterocycles. The van der Waals surface area contributed by atoms with E-state index >= 15 is 0 Å². The second-order valence-electron chi connectivity index (χ2n) is 4.84. The average molecular weight is 268 g/mol. The van der Waals surface area contributed by atoms with Crippen molar-refractivity contribution in [2.75, 3.05) is 26.8 Å². The zero-order valence-electron chi connectivity index (χ0n) is 10.9. The van der Waals surface area contributed by atoms with Crippen LogP contribution >= 0.6 is 11.3 Å². The van der Waals surface area contributed by atoms with Gasteiger partial charge in [0.05, 0.1) is 17.0 Å². The van der Waals surface area contributed by atoms with Gasteiger partial charge in [-0.25, -0.2) is 0 Å². The molecule has 1 aromatic rings. The summed E-state index contributed by atoms with van der Waals surface area (Å²) in [5.41, 5.74) is -0.0866. The van der Waals surface area contributed by atoms with Crippen molar-refractivity contribution in [2.45, 2.75) is 25.3 Å². The highest BCUT2D eigenvalue weighted by Crippen LogP contribution is 2.20. The minimum absolute atomic E-state index is 0.0114. The third kappa shape index (κ3) is 3.10. The van der Waals surface area contributed by atoms with Gasteiger partial charge in [0, 0.05) is 18.5 Å². The molecule has 1 aliphatic heterocycles. The lowest BCUT2D eigenvalue weighted by Gasteiger charge is -2.28. The number of carbonyl (C=O) groups excluding carboxylic acids is 1. The van der Waals surface area contributed by atoms with Gasteiger partial charge in [0.25, 0.3) is 5.91 Å². The van der Waals surface area contributed by atoms with E-state index in [9.17, 15) is 4.79 Å². The van der Waals surface area contributed by atoms with Crippen LogP contribution in [0.5, 0.6) is 0 Å². The first-order chi connectivity index (χ1) is 8.65. The van der Waals surface area contributed by atoms with E-state index in [0.717, 1.165) is 29.1 Å². The quantitative estimate of drug-likeness (QED) is 0.852. The number of nitrogens with one attached hydrogen (secondary N) is 2. The first-order valence-electron chi connectivity index (χ1n) is 6.24. The lowest BCUT2D eigenvalue weighted by molar-refractivity contribution is 0.0896. The van der Waals surface area contributed by atoms with Crippen LogP contribution in [-0.2, 0) is 4.74 Å². The predicted octanol–water partition coefficient (Wildman–Crippen LogP) is 1.55. The maximum atomic E-state index is 12.0. The van der Waals surface area contributed by atoms with E-state index in [1.807, 2.05) is 19.1 Å². The Morgan fingerprint density at radius 2 is 2.44 bits per heavy atom. The highest BCUT2D eigenvalue weighted by Gasteiger charge is 2.33. The van der Waals surface area contributed by atoms with Gasteiger partial charge in [-0.2, -0.15) is 0 Å². The average Bonchev–Trinajstić information content (AvgIpc) is 2.97. The zero-order chi connectivity index (χ0) is 13.0. The summed E-state index contributed by atoms with van der Waals surface area (Å²) in [6, 6.07) is 3.85. The number of ether oxygens (including phenoxy) is 1. The van der Waals surface area contributed by atoms with Crippen LogP contribution in [0.25, 0.3) is 0 Å². The zero-order valence-corrected chi connectivity index (χ0v) is 11.7. The van der Waals surface area contributed by atoms with Gasteiger partial charge in [0.1, 0.15) is 0 Å². The molecule has 0 radical (unpaired) electrons. The van der Waals surface area contributed by atoms with Crippen molar-refractivity contribution in [1.29, 1.82) is 0 Å². The number of carbonyl (C=O) groups is 1. The van der Waals surface area contributed by atoms with Crippen LogP contribution in [0.15, 0.2) is 12.1 Å².